The fourth-order valence-electron chi connectivity index (χ4n) is 2.00. The number of aliphatic hydroxyl groups excluding tert-OH is 1. The lowest BCUT2D eigenvalue weighted by Crippen LogP contribution is -2.39. The Kier molecular flexibility index (Phi) is 5.62. The van der Waals surface area contributed by atoms with Crippen molar-refractivity contribution in [1.29, 1.82) is 0 Å². The number of nitrogens with one attached hydrogen (secondary N) is 1. The van der Waals surface area contributed by atoms with Gasteiger partial charge in [-0.25, -0.2) is 0 Å². The minimum absolute atomic E-state index is 0.147. The summed E-state index contributed by atoms with van der Waals surface area (Å²) in [5.74, 6) is -0.327. The number of carbonyl (C=O) groups excluding carboxylic acids is 1. The summed E-state index contributed by atoms with van der Waals surface area (Å²) in [6, 6.07) is 14.0. The third-order valence-electron chi connectivity index (χ3n) is 3.06. The van der Waals surface area contributed by atoms with Gasteiger partial charge in [0.05, 0.1) is 23.2 Å². The molecule has 21 heavy (non-hydrogen) atoms. The monoisotopic (exact) mass is 323 g/mol. The number of carbonyl (C=O) groups is 1. The Bertz CT molecular complexity index is 617. The first kappa shape index (κ1) is 15.8. The van der Waals surface area contributed by atoms with E-state index >= 15 is 0 Å². The Morgan fingerprint density at radius 3 is 2.48 bits per heavy atom. The van der Waals surface area contributed by atoms with E-state index in [1.807, 2.05) is 30.3 Å². The third kappa shape index (κ3) is 4.46. The highest BCUT2D eigenvalue weighted by Crippen LogP contribution is 2.21. The smallest absolute Gasteiger partial charge is 0.253 e. The summed E-state index contributed by atoms with van der Waals surface area (Å²) in [6.45, 7) is -0.147. The largest absolute Gasteiger partial charge is 0.394 e. The molecular weight excluding hydrogens is 309 g/mol. The van der Waals surface area contributed by atoms with Crippen LogP contribution in [0.3, 0.4) is 0 Å². The van der Waals surface area contributed by atoms with Crippen LogP contribution in [0.15, 0.2) is 48.5 Å². The molecule has 0 aromatic heterocycles. The second-order valence-corrected chi connectivity index (χ2v) is 5.51. The van der Waals surface area contributed by atoms with Gasteiger partial charge in [-0.3, -0.25) is 4.79 Å². The minimum Gasteiger partial charge on any atom is -0.394 e. The molecule has 0 spiro atoms. The van der Waals surface area contributed by atoms with Gasteiger partial charge in [0.1, 0.15) is 0 Å². The molecular formula is C16H15Cl2NO2. The predicted octanol–water partition coefficient (Wildman–Crippen LogP) is 3.33. The summed E-state index contributed by atoms with van der Waals surface area (Å²) in [6.07, 6.45) is 0.550. The van der Waals surface area contributed by atoms with Gasteiger partial charge in [-0.15, -0.1) is 0 Å². The lowest BCUT2D eigenvalue weighted by molar-refractivity contribution is 0.0916. The maximum atomic E-state index is 12.2. The van der Waals surface area contributed by atoms with Crippen LogP contribution in [0.1, 0.15) is 15.9 Å². The van der Waals surface area contributed by atoms with Crippen molar-refractivity contribution in [2.24, 2.45) is 0 Å². The lowest BCUT2D eigenvalue weighted by atomic mass is 10.1. The fourth-order valence-corrected chi connectivity index (χ4v) is 2.49. The highest BCUT2D eigenvalue weighted by molar-refractivity contribution is 6.36. The molecule has 3 nitrogen and oxygen atoms in total. The van der Waals surface area contributed by atoms with Crippen molar-refractivity contribution in [3.8, 4) is 0 Å². The van der Waals surface area contributed by atoms with Gasteiger partial charge in [0.2, 0.25) is 0 Å². The van der Waals surface area contributed by atoms with E-state index in [-0.39, 0.29) is 23.6 Å². The van der Waals surface area contributed by atoms with Crippen LogP contribution in [0.5, 0.6) is 0 Å². The second kappa shape index (κ2) is 7.46. The van der Waals surface area contributed by atoms with E-state index in [2.05, 4.69) is 5.32 Å². The van der Waals surface area contributed by atoms with Crippen molar-refractivity contribution in [3.63, 3.8) is 0 Å². The van der Waals surface area contributed by atoms with Gasteiger partial charge in [0.15, 0.2) is 0 Å². The van der Waals surface area contributed by atoms with Crippen LogP contribution in [-0.2, 0) is 6.42 Å². The van der Waals surface area contributed by atoms with Crippen LogP contribution in [0.4, 0.5) is 0 Å². The Labute approximate surface area is 133 Å². The summed E-state index contributed by atoms with van der Waals surface area (Å²) in [5, 5.41) is 13.0. The molecule has 0 aliphatic carbocycles. The molecule has 2 N–H and O–H groups in total. The molecule has 0 bridgehead atoms. The van der Waals surface area contributed by atoms with E-state index in [0.29, 0.717) is 17.0 Å². The zero-order valence-corrected chi connectivity index (χ0v) is 12.7. The molecule has 0 heterocycles. The average molecular weight is 324 g/mol. The molecule has 110 valence electrons. The fraction of sp³-hybridized carbons (Fsp3) is 0.188. The highest BCUT2D eigenvalue weighted by Gasteiger charge is 2.16. The summed E-state index contributed by atoms with van der Waals surface area (Å²) in [7, 11) is 0. The summed E-state index contributed by atoms with van der Waals surface area (Å²) >= 11 is 11.8. The SMILES string of the molecule is O=C(NC(CO)Cc1ccccc1)c1ccc(Cl)cc1Cl. The van der Waals surface area contributed by atoms with Crippen LogP contribution in [-0.4, -0.2) is 23.7 Å². The van der Waals surface area contributed by atoms with Crippen LogP contribution in [0.25, 0.3) is 0 Å². The standard InChI is InChI=1S/C16H15Cl2NO2/c17-12-6-7-14(15(18)9-12)16(21)19-13(10-20)8-11-4-2-1-3-5-11/h1-7,9,13,20H,8,10H2,(H,19,21). The van der Waals surface area contributed by atoms with Crippen molar-refractivity contribution in [1.82, 2.24) is 5.32 Å². The third-order valence-corrected chi connectivity index (χ3v) is 3.60. The van der Waals surface area contributed by atoms with Crippen molar-refractivity contribution in [2.75, 3.05) is 6.61 Å². The van der Waals surface area contributed by atoms with Gasteiger partial charge in [-0.2, -0.15) is 0 Å². The van der Waals surface area contributed by atoms with Crippen LogP contribution < -0.4 is 5.32 Å². The number of halogens is 2. The first-order valence-corrected chi connectivity index (χ1v) is 7.26. The number of amides is 1. The maximum Gasteiger partial charge on any atom is 0.253 e. The van der Waals surface area contributed by atoms with E-state index in [9.17, 15) is 9.90 Å². The number of aliphatic hydroxyl groups is 1. The zero-order valence-electron chi connectivity index (χ0n) is 11.2. The number of hydrogen-bond acceptors (Lipinski definition) is 2. The number of rotatable bonds is 5. The molecule has 2 aromatic carbocycles. The van der Waals surface area contributed by atoms with Gasteiger partial charge >= 0.3 is 0 Å². The molecule has 2 aromatic rings. The van der Waals surface area contributed by atoms with Gasteiger partial charge in [0, 0.05) is 5.02 Å². The average Bonchev–Trinajstić information content (AvgIpc) is 2.47. The van der Waals surface area contributed by atoms with Crippen molar-refractivity contribution >= 4 is 29.1 Å². The topological polar surface area (TPSA) is 49.3 Å². The van der Waals surface area contributed by atoms with Gasteiger partial charge in [-0.05, 0) is 30.2 Å². The molecule has 0 aliphatic heterocycles. The van der Waals surface area contributed by atoms with E-state index in [1.54, 1.807) is 12.1 Å². The molecule has 0 saturated carbocycles. The Morgan fingerprint density at radius 1 is 1.14 bits per heavy atom. The Balaban J connectivity index is 2.06. The van der Waals surface area contributed by atoms with Crippen molar-refractivity contribution in [2.45, 2.75) is 12.5 Å². The molecule has 2 rings (SSSR count). The lowest BCUT2D eigenvalue weighted by Gasteiger charge is -2.17. The first-order valence-electron chi connectivity index (χ1n) is 6.51. The van der Waals surface area contributed by atoms with E-state index in [0.717, 1.165) is 5.56 Å². The molecule has 1 unspecified atom stereocenters. The molecule has 0 fully saturated rings. The maximum absolute atomic E-state index is 12.2. The van der Waals surface area contributed by atoms with E-state index < -0.39 is 0 Å². The Hall–Kier alpha value is -1.55. The number of benzene rings is 2. The number of hydrogen-bond donors (Lipinski definition) is 2. The van der Waals surface area contributed by atoms with Crippen LogP contribution >= 0.6 is 23.2 Å². The van der Waals surface area contributed by atoms with Crippen LogP contribution in [0, 0.1) is 0 Å². The minimum atomic E-state index is -0.369. The molecule has 0 aliphatic rings. The molecule has 1 atom stereocenters. The van der Waals surface area contributed by atoms with Crippen molar-refractivity contribution < 1.29 is 9.90 Å². The Morgan fingerprint density at radius 2 is 1.86 bits per heavy atom. The molecule has 5 heteroatoms. The van der Waals surface area contributed by atoms with E-state index in [1.165, 1.54) is 6.07 Å². The molecule has 0 radical (unpaired) electrons. The van der Waals surface area contributed by atoms with Gasteiger partial charge in [-0.1, -0.05) is 53.5 Å². The van der Waals surface area contributed by atoms with Gasteiger partial charge in [0.25, 0.3) is 5.91 Å². The van der Waals surface area contributed by atoms with E-state index in [4.69, 9.17) is 23.2 Å². The summed E-state index contributed by atoms with van der Waals surface area (Å²) in [5.41, 5.74) is 1.38. The predicted molar refractivity (Wildman–Crippen MR) is 84.9 cm³/mol. The molecule has 0 saturated heterocycles. The highest BCUT2D eigenvalue weighted by atomic mass is 35.5. The molecule has 1 amide bonds. The summed E-state index contributed by atoms with van der Waals surface area (Å²) in [4.78, 5) is 12.2. The zero-order chi connectivity index (χ0) is 15.2. The van der Waals surface area contributed by atoms with Crippen molar-refractivity contribution in [3.05, 3.63) is 69.7 Å². The first-order chi connectivity index (χ1) is 10.1. The second-order valence-electron chi connectivity index (χ2n) is 4.67. The normalized spacial score (nSPS) is 12.0. The van der Waals surface area contributed by atoms with Gasteiger partial charge < -0.3 is 10.4 Å². The quantitative estimate of drug-likeness (QED) is 0.886. The summed E-state index contributed by atoms with van der Waals surface area (Å²) < 4.78 is 0. The van der Waals surface area contributed by atoms with Crippen LogP contribution in [0.2, 0.25) is 10.0 Å².